The Labute approximate surface area is 138 Å². The monoisotopic (exact) mass is 336 g/mol. The average Bonchev–Trinajstić information content (AvgIpc) is 2.50. The molecule has 5 nitrogen and oxygen atoms in total. The van der Waals surface area contributed by atoms with Gasteiger partial charge in [0.1, 0.15) is 0 Å². The number of nitrogens with one attached hydrogen (secondary N) is 1. The van der Waals surface area contributed by atoms with Gasteiger partial charge in [-0.1, -0.05) is 53.5 Å². The molecule has 2 aromatic carbocycles. The molecular weight excluding hydrogens is 323 g/mol. The highest BCUT2D eigenvalue weighted by atomic mass is 35.5. The van der Waals surface area contributed by atoms with Gasteiger partial charge in [0.2, 0.25) is 5.96 Å². The van der Waals surface area contributed by atoms with Crippen molar-refractivity contribution in [1.29, 1.82) is 5.41 Å². The van der Waals surface area contributed by atoms with Gasteiger partial charge >= 0.3 is 0 Å². The van der Waals surface area contributed by atoms with Crippen LogP contribution in [0.1, 0.15) is 11.1 Å². The fraction of sp³-hybridized carbons (Fsp3) is 0.0667. The number of hydrogen-bond donors (Lipinski definition) is 3. The second-order valence-electron chi connectivity index (χ2n) is 4.51. The lowest BCUT2D eigenvalue weighted by atomic mass is 10.0. The first-order chi connectivity index (χ1) is 10.4. The van der Waals surface area contributed by atoms with Gasteiger partial charge in [-0.2, -0.15) is 5.10 Å². The van der Waals surface area contributed by atoms with Crippen LogP contribution in [0.15, 0.2) is 47.6 Å². The lowest BCUT2D eigenvalue weighted by Gasteiger charge is -2.15. The molecular formula is C15H14Cl2N4O. The lowest BCUT2D eigenvalue weighted by Crippen LogP contribution is -2.29. The summed E-state index contributed by atoms with van der Waals surface area (Å²) < 4.78 is 0. The number of halogens is 2. The zero-order chi connectivity index (χ0) is 16.3. The normalized spacial score (nSPS) is 11.3. The zero-order valence-electron chi connectivity index (χ0n) is 11.7. The van der Waals surface area contributed by atoms with Gasteiger partial charge in [0.15, 0.2) is 5.75 Å². The molecule has 114 valence electrons. The maximum absolute atomic E-state index is 9.68. The van der Waals surface area contributed by atoms with E-state index in [4.69, 9.17) is 34.3 Å². The molecule has 2 rings (SSSR count). The lowest BCUT2D eigenvalue weighted by molar-refractivity contribution is 0.476. The summed E-state index contributed by atoms with van der Waals surface area (Å²) in [6.07, 6.45) is 0. The molecule has 2 aromatic rings. The minimum atomic E-state index is -0.204. The van der Waals surface area contributed by atoms with Crippen LogP contribution in [-0.4, -0.2) is 28.8 Å². The molecule has 0 aliphatic carbocycles. The molecule has 7 heteroatoms. The van der Waals surface area contributed by atoms with Crippen molar-refractivity contribution in [2.75, 3.05) is 7.05 Å². The molecule has 0 saturated carbocycles. The molecule has 22 heavy (non-hydrogen) atoms. The van der Waals surface area contributed by atoms with Crippen molar-refractivity contribution >= 4 is 34.9 Å². The quantitative estimate of drug-likeness (QED) is 0.456. The third-order valence-corrected chi connectivity index (χ3v) is 3.51. The smallest absolute Gasteiger partial charge is 0.209 e. The second kappa shape index (κ2) is 6.68. The van der Waals surface area contributed by atoms with Gasteiger partial charge in [0.25, 0.3) is 0 Å². The summed E-state index contributed by atoms with van der Waals surface area (Å²) in [4.78, 5) is 0. The second-order valence-corrected chi connectivity index (χ2v) is 5.33. The topological polar surface area (TPSA) is 85.7 Å². The van der Waals surface area contributed by atoms with Crippen molar-refractivity contribution in [3.63, 3.8) is 0 Å². The molecule has 0 bridgehead atoms. The molecule has 0 amide bonds. The first-order valence-corrected chi connectivity index (χ1v) is 7.06. The SMILES string of the molecule is CN(/N=C(/c1ccccc1)c1cc(Cl)c(O)c(Cl)c1)C(=N)N. The van der Waals surface area contributed by atoms with Gasteiger partial charge in [-0.05, 0) is 12.1 Å². The van der Waals surface area contributed by atoms with Crippen molar-refractivity contribution < 1.29 is 5.11 Å². The summed E-state index contributed by atoms with van der Waals surface area (Å²) in [6, 6.07) is 12.4. The summed E-state index contributed by atoms with van der Waals surface area (Å²) in [7, 11) is 1.56. The first kappa shape index (κ1) is 16.1. The molecule has 0 heterocycles. The Balaban J connectivity index is 2.62. The molecule has 0 aromatic heterocycles. The average molecular weight is 337 g/mol. The number of nitrogens with two attached hydrogens (primary N) is 1. The van der Waals surface area contributed by atoms with E-state index in [9.17, 15) is 5.11 Å². The highest BCUT2D eigenvalue weighted by Crippen LogP contribution is 2.33. The van der Waals surface area contributed by atoms with Crippen LogP contribution in [0.4, 0.5) is 0 Å². The molecule has 0 spiro atoms. The maximum atomic E-state index is 9.68. The largest absolute Gasteiger partial charge is 0.505 e. The van der Waals surface area contributed by atoms with Crippen LogP contribution in [0.3, 0.4) is 0 Å². The summed E-state index contributed by atoms with van der Waals surface area (Å²) in [5.74, 6) is -0.385. The van der Waals surface area contributed by atoms with Gasteiger partial charge in [-0.3, -0.25) is 5.41 Å². The number of rotatable bonds is 3. The highest BCUT2D eigenvalue weighted by molar-refractivity contribution is 6.38. The number of guanidine groups is 1. The van der Waals surface area contributed by atoms with E-state index >= 15 is 0 Å². The molecule has 0 saturated heterocycles. The molecule has 0 fully saturated rings. The summed E-state index contributed by atoms with van der Waals surface area (Å²) in [5.41, 5.74) is 7.37. The fourth-order valence-electron chi connectivity index (χ4n) is 1.78. The van der Waals surface area contributed by atoms with Crippen molar-refractivity contribution in [2.24, 2.45) is 10.8 Å². The molecule has 0 radical (unpaired) electrons. The summed E-state index contributed by atoms with van der Waals surface area (Å²) in [6.45, 7) is 0. The Bertz CT molecular complexity index is 709. The van der Waals surface area contributed by atoms with Crippen molar-refractivity contribution in [1.82, 2.24) is 5.01 Å². The van der Waals surface area contributed by atoms with Crippen LogP contribution >= 0.6 is 23.2 Å². The maximum Gasteiger partial charge on any atom is 0.209 e. The van der Waals surface area contributed by atoms with E-state index in [1.807, 2.05) is 30.3 Å². The standard InChI is InChI=1S/C15H14Cl2N4O/c1-21(15(18)19)20-13(9-5-3-2-4-6-9)10-7-11(16)14(22)12(17)8-10/h2-8,22H,1H3,(H3,18,19)/b20-13-. The van der Waals surface area contributed by atoms with Crippen molar-refractivity contribution in [2.45, 2.75) is 0 Å². The summed E-state index contributed by atoms with van der Waals surface area (Å²) in [5, 5.41) is 22.9. The van der Waals surface area contributed by atoms with Crippen molar-refractivity contribution in [3.8, 4) is 5.75 Å². The molecule has 4 N–H and O–H groups in total. The van der Waals surface area contributed by atoms with E-state index in [1.165, 1.54) is 5.01 Å². The van der Waals surface area contributed by atoms with Crippen LogP contribution in [-0.2, 0) is 0 Å². The van der Waals surface area contributed by atoms with E-state index in [1.54, 1.807) is 19.2 Å². The number of hydrogen-bond acceptors (Lipinski definition) is 3. The minimum absolute atomic E-state index is 0.122. The van der Waals surface area contributed by atoms with E-state index < -0.39 is 0 Å². The highest BCUT2D eigenvalue weighted by Gasteiger charge is 2.14. The van der Waals surface area contributed by atoms with Crippen LogP contribution in [0.25, 0.3) is 0 Å². The van der Waals surface area contributed by atoms with Gasteiger partial charge in [-0.15, -0.1) is 0 Å². The number of benzene rings is 2. The van der Waals surface area contributed by atoms with Crippen LogP contribution in [0.5, 0.6) is 5.75 Å². The fourth-order valence-corrected chi connectivity index (χ4v) is 2.27. The van der Waals surface area contributed by atoms with E-state index in [-0.39, 0.29) is 21.8 Å². The number of hydrazone groups is 1. The minimum Gasteiger partial charge on any atom is -0.505 e. The van der Waals surface area contributed by atoms with Gasteiger partial charge in [-0.25, -0.2) is 5.01 Å². The summed E-state index contributed by atoms with van der Waals surface area (Å²) >= 11 is 12.0. The number of aromatic hydroxyl groups is 1. The zero-order valence-corrected chi connectivity index (χ0v) is 13.2. The Morgan fingerprint density at radius 2 is 1.68 bits per heavy atom. The predicted octanol–water partition coefficient (Wildman–Crippen LogP) is 3.28. The van der Waals surface area contributed by atoms with E-state index in [0.717, 1.165) is 5.56 Å². The van der Waals surface area contributed by atoms with Gasteiger partial charge in [0, 0.05) is 18.2 Å². The van der Waals surface area contributed by atoms with E-state index in [0.29, 0.717) is 11.3 Å². The Morgan fingerprint density at radius 1 is 1.14 bits per heavy atom. The third-order valence-electron chi connectivity index (χ3n) is 2.94. The van der Waals surface area contributed by atoms with E-state index in [2.05, 4.69) is 5.10 Å². The van der Waals surface area contributed by atoms with Crippen LogP contribution < -0.4 is 5.73 Å². The number of phenolic OH excluding ortho intramolecular Hbond substituents is 1. The van der Waals surface area contributed by atoms with Gasteiger partial charge in [0.05, 0.1) is 15.8 Å². The molecule has 0 aliphatic heterocycles. The molecule has 0 atom stereocenters. The number of phenols is 1. The van der Waals surface area contributed by atoms with Gasteiger partial charge < -0.3 is 10.8 Å². The predicted molar refractivity (Wildman–Crippen MR) is 89.9 cm³/mol. The Kier molecular flexibility index (Phi) is 4.90. The molecule has 0 unspecified atom stereocenters. The van der Waals surface area contributed by atoms with Crippen molar-refractivity contribution in [3.05, 3.63) is 63.6 Å². The molecule has 0 aliphatic rings. The van der Waals surface area contributed by atoms with Crippen LogP contribution in [0, 0.1) is 5.41 Å². The Hall–Kier alpha value is -2.24. The number of nitrogens with zero attached hydrogens (tertiary/aromatic N) is 2. The third kappa shape index (κ3) is 3.50. The van der Waals surface area contributed by atoms with Crippen LogP contribution in [0.2, 0.25) is 10.0 Å². The Morgan fingerprint density at radius 3 is 2.18 bits per heavy atom. The first-order valence-electron chi connectivity index (χ1n) is 6.30.